The molecule has 0 bridgehead atoms. The summed E-state index contributed by atoms with van der Waals surface area (Å²) in [5.74, 6) is 0.668. The van der Waals surface area contributed by atoms with Gasteiger partial charge < -0.3 is 14.2 Å². The number of nitrogens with zero attached hydrogens (tertiary/aromatic N) is 2. The molecule has 6 heteroatoms. The lowest BCUT2D eigenvalue weighted by molar-refractivity contribution is 0.340. The van der Waals surface area contributed by atoms with Crippen molar-refractivity contribution in [2.45, 2.75) is 0 Å². The van der Waals surface area contributed by atoms with Crippen LogP contribution in [0.2, 0.25) is 0 Å². The monoisotopic (exact) mass is 250 g/mol. The predicted molar refractivity (Wildman–Crippen MR) is 61.6 cm³/mol. The van der Waals surface area contributed by atoms with Crippen LogP contribution in [0.15, 0.2) is 30.6 Å². The summed E-state index contributed by atoms with van der Waals surface area (Å²) in [5.41, 5.74) is 0. The summed E-state index contributed by atoms with van der Waals surface area (Å²) in [6.45, 7) is 0. The van der Waals surface area contributed by atoms with Gasteiger partial charge in [-0.3, -0.25) is 0 Å². The van der Waals surface area contributed by atoms with Gasteiger partial charge in [0.25, 0.3) is 0 Å². The summed E-state index contributed by atoms with van der Waals surface area (Å²) in [6, 6.07) is 6.24. The second kappa shape index (κ2) is 5.31. The number of hydrogen-bond acceptors (Lipinski definition) is 5. The highest BCUT2D eigenvalue weighted by Crippen LogP contribution is 2.39. The molecule has 1 aromatic carbocycles. The molecular formula is C12H11FN2O3. The maximum Gasteiger partial charge on any atom is 0.225 e. The standard InChI is InChI=1S/C12H11FN2O3/c1-16-8-4-3-5-9(17-2)12(8)18-11-6-10(13)14-7-15-11/h3-7H,1-2H3. The Bertz CT molecular complexity index is 526. The number of ether oxygens (including phenoxy) is 3. The van der Waals surface area contributed by atoms with E-state index in [0.717, 1.165) is 12.4 Å². The van der Waals surface area contributed by atoms with Gasteiger partial charge in [0.15, 0.2) is 11.5 Å². The van der Waals surface area contributed by atoms with Crippen molar-refractivity contribution in [3.05, 3.63) is 36.5 Å². The lowest BCUT2D eigenvalue weighted by atomic mass is 10.3. The molecule has 0 radical (unpaired) electrons. The maximum atomic E-state index is 12.9. The van der Waals surface area contributed by atoms with E-state index in [1.165, 1.54) is 14.2 Å². The predicted octanol–water partition coefficient (Wildman–Crippen LogP) is 2.43. The highest BCUT2D eigenvalue weighted by atomic mass is 19.1. The fourth-order valence-corrected chi connectivity index (χ4v) is 1.40. The first-order valence-corrected chi connectivity index (χ1v) is 5.11. The molecular weight excluding hydrogens is 239 g/mol. The van der Waals surface area contributed by atoms with E-state index in [1.807, 2.05) is 0 Å². The van der Waals surface area contributed by atoms with Crippen LogP contribution >= 0.6 is 0 Å². The largest absolute Gasteiger partial charge is 0.493 e. The molecule has 0 saturated carbocycles. The van der Waals surface area contributed by atoms with Crippen molar-refractivity contribution in [3.8, 4) is 23.1 Å². The highest BCUT2D eigenvalue weighted by molar-refractivity contribution is 5.52. The quantitative estimate of drug-likeness (QED) is 0.780. The van der Waals surface area contributed by atoms with E-state index >= 15 is 0 Å². The van der Waals surface area contributed by atoms with Gasteiger partial charge in [-0.2, -0.15) is 4.39 Å². The van der Waals surface area contributed by atoms with Gasteiger partial charge >= 0.3 is 0 Å². The van der Waals surface area contributed by atoms with Crippen molar-refractivity contribution in [1.29, 1.82) is 0 Å². The summed E-state index contributed by atoms with van der Waals surface area (Å²) in [6.07, 6.45) is 1.08. The van der Waals surface area contributed by atoms with Crippen molar-refractivity contribution in [2.24, 2.45) is 0 Å². The maximum absolute atomic E-state index is 12.9. The molecule has 0 fully saturated rings. The van der Waals surface area contributed by atoms with E-state index in [4.69, 9.17) is 14.2 Å². The zero-order valence-electron chi connectivity index (χ0n) is 9.88. The Hall–Kier alpha value is -2.37. The number of rotatable bonds is 4. The molecule has 0 unspecified atom stereocenters. The van der Waals surface area contributed by atoms with Gasteiger partial charge in [0.1, 0.15) is 6.33 Å². The van der Waals surface area contributed by atoms with Gasteiger partial charge in [-0.05, 0) is 12.1 Å². The molecule has 18 heavy (non-hydrogen) atoms. The number of benzene rings is 1. The van der Waals surface area contributed by atoms with Crippen molar-refractivity contribution >= 4 is 0 Å². The zero-order valence-corrected chi connectivity index (χ0v) is 9.88. The second-order valence-electron chi connectivity index (χ2n) is 3.27. The number of aromatic nitrogens is 2. The topological polar surface area (TPSA) is 53.5 Å². The minimum Gasteiger partial charge on any atom is -0.493 e. The average Bonchev–Trinajstić information content (AvgIpc) is 2.39. The third kappa shape index (κ3) is 2.48. The first kappa shape index (κ1) is 12.1. The Labute approximate surface area is 103 Å². The molecule has 0 aliphatic carbocycles. The van der Waals surface area contributed by atoms with Crippen LogP contribution in [0.3, 0.4) is 0 Å². The van der Waals surface area contributed by atoms with Gasteiger partial charge in [-0.15, -0.1) is 0 Å². The molecule has 0 amide bonds. The third-order valence-electron chi connectivity index (χ3n) is 2.20. The van der Waals surface area contributed by atoms with Crippen LogP contribution in [0.4, 0.5) is 4.39 Å². The first-order chi connectivity index (χ1) is 8.74. The fraction of sp³-hybridized carbons (Fsp3) is 0.167. The number of methoxy groups -OCH3 is 2. The van der Waals surface area contributed by atoms with Crippen LogP contribution in [-0.4, -0.2) is 24.2 Å². The minimum atomic E-state index is -0.672. The van der Waals surface area contributed by atoms with Crippen molar-refractivity contribution in [2.75, 3.05) is 14.2 Å². The Morgan fingerprint density at radius 1 is 1.06 bits per heavy atom. The van der Waals surface area contributed by atoms with Crippen LogP contribution in [-0.2, 0) is 0 Å². The molecule has 1 heterocycles. The number of halogens is 1. The summed E-state index contributed by atoms with van der Waals surface area (Å²) in [5, 5.41) is 0. The van der Waals surface area contributed by atoms with Gasteiger partial charge in [0.05, 0.1) is 20.3 Å². The Morgan fingerprint density at radius 2 is 1.72 bits per heavy atom. The van der Waals surface area contributed by atoms with Crippen molar-refractivity contribution in [3.63, 3.8) is 0 Å². The average molecular weight is 250 g/mol. The number of para-hydroxylation sites is 1. The summed E-state index contributed by atoms with van der Waals surface area (Å²) in [7, 11) is 3.00. The smallest absolute Gasteiger partial charge is 0.225 e. The lowest BCUT2D eigenvalue weighted by Crippen LogP contribution is -1.96. The highest BCUT2D eigenvalue weighted by Gasteiger charge is 2.13. The lowest BCUT2D eigenvalue weighted by Gasteiger charge is -2.12. The molecule has 0 saturated heterocycles. The minimum absolute atomic E-state index is 0.0744. The third-order valence-corrected chi connectivity index (χ3v) is 2.20. The van der Waals surface area contributed by atoms with Crippen LogP contribution in [0, 0.1) is 5.95 Å². The van der Waals surface area contributed by atoms with Crippen LogP contribution in [0.1, 0.15) is 0 Å². The molecule has 0 N–H and O–H groups in total. The molecule has 94 valence electrons. The molecule has 0 spiro atoms. The van der Waals surface area contributed by atoms with E-state index in [-0.39, 0.29) is 5.88 Å². The van der Waals surface area contributed by atoms with E-state index in [9.17, 15) is 4.39 Å². The molecule has 2 aromatic rings. The molecule has 5 nitrogen and oxygen atoms in total. The summed E-state index contributed by atoms with van der Waals surface area (Å²) in [4.78, 5) is 7.15. The Balaban J connectivity index is 2.38. The molecule has 2 rings (SSSR count). The van der Waals surface area contributed by atoms with Crippen molar-refractivity contribution < 1.29 is 18.6 Å². The van der Waals surface area contributed by atoms with Gasteiger partial charge in [0.2, 0.25) is 17.6 Å². The molecule has 0 atom stereocenters. The van der Waals surface area contributed by atoms with Gasteiger partial charge in [-0.25, -0.2) is 9.97 Å². The van der Waals surface area contributed by atoms with E-state index < -0.39 is 5.95 Å². The van der Waals surface area contributed by atoms with E-state index in [2.05, 4.69) is 9.97 Å². The van der Waals surface area contributed by atoms with Crippen molar-refractivity contribution in [1.82, 2.24) is 9.97 Å². The van der Waals surface area contributed by atoms with Gasteiger partial charge in [0, 0.05) is 0 Å². The fourth-order valence-electron chi connectivity index (χ4n) is 1.40. The molecule has 1 aromatic heterocycles. The van der Waals surface area contributed by atoms with Crippen LogP contribution in [0.25, 0.3) is 0 Å². The Morgan fingerprint density at radius 3 is 2.28 bits per heavy atom. The molecule has 0 aliphatic heterocycles. The normalized spacial score (nSPS) is 9.94. The Kier molecular flexibility index (Phi) is 3.57. The molecule has 0 aliphatic rings. The van der Waals surface area contributed by atoms with Gasteiger partial charge in [-0.1, -0.05) is 6.07 Å². The summed E-state index contributed by atoms with van der Waals surface area (Å²) >= 11 is 0. The second-order valence-corrected chi connectivity index (χ2v) is 3.27. The first-order valence-electron chi connectivity index (χ1n) is 5.11. The van der Waals surface area contributed by atoms with E-state index in [0.29, 0.717) is 17.2 Å². The van der Waals surface area contributed by atoms with Crippen LogP contribution in [0.5, 0.6) is 23.1 Å². The number of hydrogen-bond donors (Lipinski definition) is 0. The summed E-state index contributed by atoms with van der Waals surface area (Å²) < 4.78 is 28.7. The zero-order chi connectivity index (χ0) is 13.0. The van der Waals surface area contributed by atoms with E-state index in [1.54, 1.807) is 18.2 Å². The SMILES string of the molecule is COc1cccc(OC)c1Oc1cc(F)ncn1. The van der Waals surface area contributed by atoms with Crippen LogP contribution < -0.4 is 14.2 Å².